The number of ether oxygens (including phenoxy) is 1. The van der Waals surface area contributed by atoms with Gasteiger partial charge in [0.2, 0.25) is 0 Å². The number of nitrogens with one attached hydrogen (secondary N) is 1. The van der Waals surface area contributed by atoms with Crippen LogP contribution in [0.25, 0.3) is 0 Å². The van der Waals surface area contributed by atoms with Gasteiger partial charge in [-0.1, -0.05) is 30.3 Å². The van der Waals surface area contributed by atoms with E-state index in [0.717, 1.165) is 25.1 Å². The van der Waals surface area contributed by atoms with Gasteiger partial charge in [-0.3, -0.25) is 4.79 Å². The van der Waals surface area contributed by atoms with Crippen molar-refractivity contribution in [2.24, 2.45) is 5.41 Å². The number of methoxy groups -OCH3 is 1. The van der Waals surface area contributed by atoms with E-state index in [2.05, 4.69) is 5.32 Å². The second-order valence-corrected chi connectivity index (χ2v) is 5.68. The molecule has 4 heteroatoms. The fourth-order valence-electron chi connectivity index (χ4n) is 2.53. The lowest BCUT2D eigenvalue weighted by Gasteiger charge is -2.18. The van der Waals surface area contributed by atoms with Crippen LogP contribution in [0.1, 0.15) is 30.7 Å². The quantitative estimate of drug-likeness (QED) is 0.727. The van der Waals surface area contributed by atoms with Crippen molar-refractivity contribution >= 4 is 5.97 Å². The number of carbonyl (C=O) groups is 1. The molecule has 2 N–H and O–H groups in total. The van der Waals surface area contributed by atoms with E-state index in [4.69, 9.17) is 4.74 Å². The molecule has 1 atom stereocenters. The molecule has 20 heavy (non-hydrogen) atoms. The number of aliphatic carboxylic acids is 1. The predicted octanol–water partition coefficient (Wildman–Crippen LogP) is 2.26. The first-order valence-corrected chi connectivity index (χ1v) is 7.14. The summed E-state index contributed by atoms with van der Waals surface area (Å²) in [7, 11) is 1.72. The van der Waals surface area contributed by atoms with Crippen LogP contribution in [0.15, 0.2) is 30.3 Å². The van der Waals surface area contributed by atoms with Gasteiger partial charge in [-0.15, -0.1) is 0 Å². The van der Waals surface area contributed by atoms with Crippen molar-refractivity contribution in [2.45, 2.75) is 25.2 Å². The summed E-state index contributed by atoms with van der Waals surface area (Å²) in [5.74, 6) is -1.25. The number of carboxylic acid groups (broad SMARTS) is 1. The molecule has 1 saturated carbocycles. The molecule has 1 aromatic rings. The van der Waals surface area contributed by atoms with Gasteiger partial charge in [0.15, 0.2) is 0 Å². The molecule has 0 aromatic heterocycles. The molecule has 0 amide bonds. The van der Waals surface area contributed by atoms with Gasteiger partial charge in [-0.2, -0.15) is 0 Å². The summed E-state index contributed by atoms with van der Waals surface area (Å²) in [5, 5.41) is 12.7. The SMILES string of the molecule is COCCC1(CNCC(C(=O)O)c2ccccc2)CC1. The Hall–Kier alpha value is -1.39. The van der Waals surface area contributed by atoms with Crippen molar-refractivity contribution in [3.8, 4) is 0 Å². The Labute approximate surface area is 120 Å². The van der Waals surface area contributed by atoms with Gasteiger partial charge in [0.25, 0.3) is 0 Å². The summed E-state index contributed by atoms with van der Waals surface area (Å²) in [6, 6.07) is 9.41. The Kier molecular flexibility index (Phi) is 5.15. The fraction of sp³-hybridized carbons (Fsp3) is 0.562. The normalized spacial score (nSPS) is 17.6. The molecule has 0 radical (unpaired) electrons. The van der Waals surface area contributed by atoms with Crippen LogP contribution in [0.2, 0.25) is 0 Å². The molecule has 2 rings (SSSR count). The minimum Gasteiger partial charge on any atom is -0.481 e. The topological polar surface area (TPSA) is 58.6 Å². The van der Waals surface area contributed by atoms with E-state index in [9.17, 15) is 9.90 Å². The van der Waals surface area contributed by atoms with Gasteiger partial charge in [0.1, 0.15) is 0 Å². The third-order valence-electron chi connectivity index (χ3n) is 4.14. The van der Waals surface area contributed by atoms with E-state index < -0.39 is 11.9 Å². The standard InChI is InChI=1S/C16H23NO3/c1-20-10-9-16(7-8-16)12-17-11-14(15(18)19)13-5-3-2-4-6-13/h2-6,14,17H,7-12H2,1H3,(H,18,19). The molecule has 0 bridgehead atoms. The van der Waals surface area contributed by atoms with Crippen LogP contribution < -0.4 is 5.32 Å². The maximum absolute atomic E-state index is 11.4. The van der Waals surface area contributed by atoms with Crippen molar-refractivity contribution in [1.82, 2.24) is 5.32 Å². The minimum atomic E-state index is -0.773. The van der Waals surface area contributed by atoms with Crippen molar-refractivity contribution in [3.63, 3.8) is 0 Å². The molecule has 4 nitrogen and oxygen atoms in total. The lowest BCUT2D eigenvalue weighted by Crippen LogP contribution is -2.31. The molecule has 0 spiro atoms. The molecule has 1 fully saturated rings. The third-order valence-corrected chi connectivity index (χ3v) is 4.14. The summed E-state index contributed by atoms with van der Waals surface area (Å²) in [5.41, 5.74) is 1.20. The summed E-state index contributed by atoms with van der Waals surface area (Å²) in [6.45, 7) is 2.14. The maximum atomic E-state index is 11.4. The van der Waals surface area contributed by atoms with Crippen molar-refractivity contribution in [2.75, 3.05) is 26.8 Å². The van der Waals surface area contributed by atoms with Crippen LogP contribution in [0.5, 0.6) is 0 Å². The molecular formula is C16H23NO3. The highest BCUT2D eigenvalue weighted by atomic mass is 16.5. The Morgan fingerprint density at radius 1 is 1.40 bits per heavy atom. The van der Waals surface area contributed by atoms with Crippen LogP contribution in [0, 0.1) is 5.41 Å². The zero-order chi connectivity index (χ0) is 14.4. The summed E-state index contributed by atoms with van der Waals surface area (Å²) < 4.78 is 5.13. The van der Waals surface area contributed by atoms with Gasteiger partial charge < -0.3 is 15.2 Å². The number of carboxylic acids is 1. The predicted molar refractivity (Wildman–Crippen MR) is 77.8 cm³/mol. The van der Waals surface area contributed by atoms with Gasteiger partial charge >= 0.3 is 5.97 Å². The molecule has 110 valence electrons. The van der Waals surface area contributed by atoms with Crippen LogP contribution in [0.4, 0.5) is 0 Å². The largest absolute Gasteiger partial charge is 0.481 e. The van der Waals surface area contributed by atoms with Crippen molar-refractivity contribution < 1.29 is 14.6 Å². The Morgan fingerprint density at radius 3 is 2.65 bits per heavy atom. The van der Waals surface area contributed by atoms with E-state index in [1.165, 1.54) is 12.8 Å². The first-order chi connectivity index (χ1) is 9.67. The van der Waals surface area contributed by atoms with Gasteiger partial charge in [0.05, 0.1) is 5.92 Å². The molecular weight excluding hydrogens is 254 g/mol. The average molecular weight is 277 g/mol. The number of rotatable bonds is 9. The van der Waals surface area contributed by atoms with Crippen molar-refractivity contribution in [3.05, 3.63) is 35.9 Å². The first kappa shape index (κ1) is 15.0. The molecule has 1 aromatic carbocycles. The lowest BCUT2D eigenvalue weighted by atomic mass is 9.98. The molecule has 0 heterocycles. The zero-order valence-electron chi connectivity index (χ0n) is 12.0. The van der Waals surface area contributed by atoms with Gasteiger partial charge in [-0.05, 0) is 30.2 Å². The lowest BCUT2D eigenvalue weighted by molar-refractivity contribution is -0.138. The van der Waals surface area contributed by atoms with E-state index in [1.54, 1.807) is 7.11 Å². The Morgan fingerprint density at radius 2 is 2.10 bits per heavy atom. The number of benzene rings is 1. The maximum Gasteiger partial charge on any atom is 0.312 e. The van der Waals surface area contributed by atoms with Gasteiger partial charge in [-0.25, -0.2) is 0 Å². The molecule has 1 unspecified atom stereocenters. The molecule has 1 aliphatic carbocycles. The Balaban J connectivity index is 1.83. The van der Waals surface area contributed by atoms with E-state index >= 15 is 0 Å². The minimum absolute atomic E-state index is 0.343. The summed E-state index contributed by atoms with van der Waals surface area (Å²) in [6.07, 6.45) is 3.48. The highest BCUT2D eigenvalue weighted by molar-refractivity contribution is 5.76. The van der Waals surface area contributed by atoms with E-state index in [1.807, 2.05) is 30.3 Å². The van der Waals surface area contributed by atoms with Crippen LogP contribution >= 0.6 is 0 Å². The first-order valence-electron chi connectivity index (χ1n) is 7.14. The summed E-state index contributed by atoms with van der Waals surface area (Å²) >= 11 is 0. The summed E-state index contributed by atoms with van der Waals surface area (Å²) in [4.78, 5) is 11.4. The molecule has 0 aliphatic heterocycles. The fourth-order valence-corrected chi connectivity index (χ4v) is 2.53. The van der Waals surface area contributed by atoms with Crippen LogP contribution in [-0.2, 0) is 9.53 Å². The van der Waals surface area contributed by atoms with Crippen LogP contribution in [-0.4, -0.2) is 37.9 Å². The smallest absolute Gasteiger partial charge is 0.312 e. The number of hydrogen-bond acceptors (Lipinski definition) is 3. The number of hydrogen-bond donors (Lipinski definition) is 2. The zero-order valence-corrected chi connectivity index (χ0v) is 12.0. The van der Waals surface area contributed by atoms with Crippen LogP contribution in [0.3, 0.4) is 0 Å². The van der Waals surface area contributed by atoms with E-state index in [0.29, 0.717) is 12.0 Å². The average Bonchev–Trinajstić information content (AvgIpc) is 3.22. The Bertz CT molecular complexity index is 429. The van der Waals surface area contributed by atoms with Crippen molar-refractivity contribution in [1.29, 1.82) is 0 Å². The van der Waals surface area contributed by atoms with Gasteiger partial charge in [0, 0.05) is 26.8 Å². The highest BCUT2D eigenvalue weighted by Crippen LogP contribution is 2.48. The highest BCUT2D eigenvalue weighted by Gasteiger charge is 2.41. The van der Waals surface area contributed by atoms with E-state index in [-0.39, 0.29) is 0 Å². The molecule has 1 aliphatic rings. The monoisotopic (exact) mass is 277 g/mol. The third kappa shape index (κ3) is 4.05. The second-order valence-electron chi connectivity index (χ2n) is 5.68. The molecule has 0 saturated heterocycles. The second kappa shape index (κ2) is 6.86.